The lowest BCUT2D eigenvalue weighted by atomic mass is 9.91. The van der Waals surface area contributed by atoms with E-state index in [1.807, 2.05) is 0 Å². The monoisotopic (exact) mass is 338 g/mol. The molecule has 4 aromatic rings. The summed E-state index contributed by atoms with van der Waals surface area (Å²) in [6, 6.07) is 21.9. The third-order valence-corrected chi connectivity index (χ3v) is 5.48. The number of hydrogen-bond acceptors (Lipinski definition) is 0. The van der Waals surface area contributed by atoms with Crippen molar-refractivity contribution >= 4 is 17.0 Å². The number of rotatable bonds is 2. The number of aromatic nitrogens is 2. The molecule has 128 valence electrons. The van der Waals surface area contributed by atoms with Crippen LogP contribution in [0.3, 0.4) is 0 Å². The second kappa shape index (κ2) is 5.77. The lowest BCUT2D eigenvalue weighted by Gasteiger charge is -2.17. The summed E-state index contributed by atoms with van der Waals surface area (Å²) >= 11 is 0. The molecule has 0 saturated heterocycles. The molecular formula is C24H22N2. The Labute approximate surface area is 153 Å². The maximum absolute atomic E-state index is 3.41. The molecule has 2 heterocycles. The average Bonchev–Trinajstić information content (AvgIpc) is 3.24. The second-order valence-electron chi connectivity index (χ2n) is 7.29. The van der Waals surface area contributed by atoms with Crippen molar-refractivity contribution in [2.45, 2.75) is 26.2 Å². The van der Waals surface area contributed by atoms with Crippen LogP contribution in [0.5, 0.6) is 0 Å². The molecule has 1 aliphatic carbocycles. The van der Waals surface area contributed by atoms with Crippen molar-refractivity contribution in [2.75, 3.05) is 0 Å². The fourth-order valence-electron chi connectivity index (χ4n) is 4.21. The van der Waals surface area contributed by atoms with Crippen molar-refractivity contribution in [3.05, 3.63) is 83.7 Å². The summed E-state index contributed by atoms with van der Waals surface area (Å²) < 4.78 is 2.40. The van der Waals surface area contributed by atoms with Gasteiger partial charge in [-0.25, -0.2) is 0 Å². The van der Waals surface area contributed by atoms with Crippen LogP contribution in [0.4, 0.5) is 0 Å². The average molecular weight is 338 g/mol. The Balaban J connectivity index is 1.69. The summed E-state index contributed by atoms with van der Waals surface area (Å²) in [5, 5.41) is 1.38. The van der Waals surface area contributed by atoms with Gasteiger partial charge in [0.15, 0.2) is 0 Å². The van der Waals surface area contributed by atoms with E-state index in [1.165, 1.54) is 44.8 Å². The number of allylic oxidation sites excluding steroid dienone is 1. The molecule has 0 saturated carbocycles. The van der Waals surface area contributed by atoms with Crippen molar-refractivity contribution in [1.82, 2.24) is 9.55 Å². The van der Waals surface area contributed by atoms with Gasteiger partial charge in [-0.15, -0.1) is 0 Å². The Morgan fingerprint density at radius 1 is 0.962 bits per heavy atom. The first-order chi connectivity index (χ1) is 12.7. The number of para-hydroxylation sites is 1. The molecule has 5 rings (SSSR count). The first-order valence-corrected chi connectivity index (χ1v) is 9.28. The fourth-order valence-corrected chi connectivity index (χ4v) is 4.21. The standard InChI is InChI=1S/C24H22N2/c1-16-6-5-9-23-24(16)20-7-3-4-8-22(20)26(23)19-13-11-18(12-14-19)21-15-10-17(2)25-21/h3-5,7-16,25H,6H2,1-2H3. The van der Waals surface area contributed by atoms with E-state index in [4.69, 9.17) is 0 Å². The third-order valence-electron chi connectivity index (χ3n) is 5.48. The van der Waals surface area contributed by atoms with Crippen LogP contribution in [0.15, 0.2) is 66.7 Å². The van der Waals surface area contributed by atoms with Crippen molar-refractivity contribution < 1.29 is 0 Å². The summed E-state index contributed by atoms with van der Waals surface area (Å²) in [5.41, 5.74) is 8.89. The molecule has 2 aromatic heterocycles. The predicted molar refractivity (Wildman–Crippen MR) is 110 cm³/mol. The SMILES string of the molecule is Cc1ccc(-c2ccc(-n3c4c(c5ccccc53)C(C)CC=C4)cc2)[nH]1. The van der Waals surface area contributed by atoms with Crippen LogP contribution in [0.2, 0.25) is 0 Å². The highest BCUT2D eigenvalue weighted by atomic mass is 15.0. The van der Waals surface area contributed by atoms with Gasteiger partial charge in [0.1, 0.15) is 0 Å². The summed E-state index contributed by atoms with van der Waals surface area (Å²) in [7, 11) is 0. The molecule has 1 aliphatic rings. The molecule has 1 N–H and O–H groups in total. The first-order valence-electron chi connectivity index (χ1n) is 9.28. The van der Waals surface area contributed by atoms with Gasteiger partial charge in [0, 0.05) is 28.2 Å². The lowest BCUT2D eigenvalue weighted by molar-refractivity contribution is 0.773. The summed E-state index contributed by atoms with van der Waals surface area (Å²) in [4.78, 5) is 3.41. The van der Waals surface area contributed by atoms with Crippen molar-refractivity contribution in [2.24, 2.45) is 0 Å². The zero-order valence-electron chi connectivity index (χ0n) is 15.2. The minimum Gasteiger partial charge on any atom is -0.359 e. The molecule has 0 amide bonds. The maximum atomic E-state index is 3.41. The van der Waals surface area contributed by atoms with Crippen molar-refractivity contribution in [1.29, 1.82) is 0 Å². The van der Waals surface area contributed by atoms with Crippen molar-refractivity contribution in [3.8, 4) is 16.9 Å². The van der Waals surface area contributed by atoms with Crippen molar-refractivity contribution in [3.63, 3.8) is 0 Å². The van der Waals surface area contributed by atoms with Gasteiger partial charge in [0.05, 0.1) is 5.52 Å². The second-order valence-corrected chi connectivity index (χ2v) is 7.29. The Bertz CT molecular complexity index is 1120. The van der Waals surface area contributed by atoms with E-state index >= 15 is 0 Å². The predicted octanol–water partition coefficient (Wildman–Crippen LogP) is 6.45. The molecule has 2 aromatic carbocycles. The van der Waals surface area contributed by atoms with Crippen LogP contribution in [-0.4, -0.2) is 9.55 Å². The summed E-state index contributed by atoms with van der Waals surface area (Å²) in [6.07, 6.45) is 5.71. The molecule has 0 spiro atoms. The fraction of sp³-hybridized carbons (Fsp3) is 0.167. The molecule has 1 atom stereocenters. The van der Waals surface area contributed by atoms with Crippen LogP contribution in [0.25, 0.3) is 33.9 Å². The highest BCUT2D eigenvalue weighted by Crippen LogP contribution is 2.39. The van der Waals surface area contributed by atoms with Gasteiger partial charge in [-0.1, -0.05) is 43.3 Å². The molecule has 2 heteroatoms. The van der Waals surface area contributed by atoms with E-state index in [0.29, 0.717) is 5.92 Å². The number of fused-ring (bicyclic) bond motifs is 3. The molecule has 2 nitrogen and oxygen atoms in total. The van der Waals surface area contributed by atoms with E-state index in [9.17, 15) is 0 Å². The van der Waals surface area contributed by atoms with Gasteiger partial charge < -0.3 is 9.55 Å². The number of H-pyrrole nitrogens is 1. The molecule has 26 heavy (non-hydrogen) atoms. The van der Waals surface area contributed by atoms with E-state index in [0.717, 1.165) is 6.42 Å². The molecule has 0 bridgehead atoms. The van der Waals surface area contributed by atoms with Crippen LogP contribution in [-0.2, 0) is 0 Å². The number of nitrogens with one attached hydrogen (secondary N) is 1. The Kier molecular flexibility index (Phi) is 3.39. The zero-order valence-corrected chi connectivity index (χ0v) is 15.2. The minimum absolute atomic E-state index is 0.558. The topological polar surface area (TPSA) is 20.7 Å². The molecule has 0 radical (unpaired) electrons. The van der Waals surface area contributed by atoms with Gasteiger partial charge in [0.2, 0.25) is 0 Å². The molecule has 1 unspecified atom stereocenters. The summed E-state index contributed by atoms with van der Waals surface area (Å²) in [6.45, 7) is 4.42. The maximum Gasteiger partial charge on any atom is 0.0537 e. The first kappa shape index (κ1) is 15.3. The highest BCUT2D eigenvalue weighted by molar-refractivity contribution is 5.91. The molecule has 0 aliphatic heterocycles. The normalized spacial score (nSPS) is 16.2. The van der Waals surface area contributed by atoms with Gasteiger partial charge in [-0.2, -0.15) is 0 Å². The summed E-state index contributed by atoms with van der Waals surface area (Å²) in [5.74, 6) is 0.558. The highest BCUT2D eigenvalue weighted by Gasteiger charge is 2.22. The minimum atomic E-state index is 0.558. The Morgan fingerprint density at radius 2 is 1.77 bits per heavy atom. The molecule has 0 fully saturated rings. The van der Waals surface area contributed by atoms with Gasteiger partial charge >= 0.3 is 0 Å². The number of aromatic amines is 1. The van der Waals surface area contributed by atoms with Gasteiger partial charge in [-0.3, -0.25) is 0 Å². The zero-order chi connectivity index (χ0) is 17.7. The van der Waals surface area contributed by atoms with E-state index in [2.05, 4.69) is 96.2 Å². The van der Waals surface area contributed by atoms with Crippen LogP contribution in [0, 0.1) is 6.92 Å². The smallest absolute Gasteiger partial charge is 0.0537 e. The number of benzene rings is 2. The van der Waals surface area contributed by atoms with E-state index in [1.54, 1.807) is 0 Å². The number of nitrogens with zero attached hydrogens (tertiary/aromatic N) is 1. The van der Waals surface area contributed by atoms with E-state index in [-0.39, 0.29) is 0 Å². The number of hydrogen-bond donors (Lipinski definition) is 1. The largest absolute Gasteiger partial charge is 0.359 e. The third kappa shape index (κ3) is 2.26. The van der Waals surface area contributed by atoms with Crippen LogP contribution < -0.4 is 0 Å². The Morgan fingerprint density at radius 3 is 2.54 bits per heavy atom. The lowest BCUT2D eigenvalue weighted by Crippen LogP contribution is -2.02. The Hall–Kier alpha value is -3.00. The van der Waals surface area contributed by atoms with E-state index < -0.39 is 0 Å². The van der Waals surface area contributed by atoms with Gasteiger partial charge in [-0.05, 0) is 66.8 Å². The quantitative estimate of drug-likeness (QED) is 0.433. The number of aryl methyl sites for hydroxylation is 1. The van der Waals surface area contributed by atoms with Crippen LogP contribution >= 0.6 is 0 Å². The van der Waals surface area contributed by atoms with Gasteiger partial charge in [0.25, 0.3) is 0 Å². The molecular weight excluding hydrogens is 316 g/mol. The van der Waals surface area contributed by atoms with Crippen LogP contribution in [0.1, 0.15) is 36.2 Å².